The molecule has 0 spiro atoms. The number of ether oxygens (including phenoxy) is 1. The first-order valence-electron chi connectivity index (χ1n) is 5.61. The van der Waals surface area contributed by atoms with Gasteiger partial charge in [-0.1, -0.05) is 18.9 Å². The smallest absolute Gasteiger partial charge is 0.333 e. The number of hydrogen-bond acceptors (Lipinski definition) is 2. The minimum atomic E-state index is -0.0735. The van der Waals surface area contributed by atoms with Gasteiger partial charge in [-0.2, -0.15) is 0 Å². The molecule has 0 aromatic carbocycles. The Balaban J connectivity index is 2.68. The Bertz CT molecular complexity index is 228. The summed E-state index contributed by atoms with van der Waals surface area (Å²) in [5.41, 5.74) is 2.18. The van der Waals surface area contributed by atoms with Crippen LogP contribution in [0, 0.1) is 0 Å². The van der Waals surface area contributed by atoms with Gasteiger partial charge >= 0.3 is 5.97 Å². The van der Waals surface area contributed by atoms with Crippen LogP contribution in [0.25, 0.3) is 0 Å². The highest BCUT2D eigenvalue weighted by molar-refractivity contribution is 5.89. The van der Waals surface area contributed by atoms with Gasteiger partial charge in [-0.25, -0.2) is 4.79 Å². The topological polar surface area (TPSA) is 26.3 Å². The first-order valence-corrected chi connectivity index (χ1v) is 5.61. The molecule has 0 saturated heterocycles. The number of carbonyl (C=O) groups is 1. The van der Waals surface area contributed by atoms with E-state index in [0.717, 1.165) is 44.1 Å². The highest BCUT2D eigenvalue weighted by Crippen LogP contribution is 2.21. The zero-order chi connectivity index (χ0) is 10.4. The Morgan fingerprint density at radius 2 is 2.14 bits per heavy atom. The number of hydrogen-bond donors (Lipinski definition) is 0. The summed E-state index contributed by atoms with van der Waals surface area (Å²) >= 11 is 0. The number of esters is 1. The molecule has 0 atom stereocenters. The minimum absolute atomic E-state index is 0.0735. The highest BCUT2D eigenvalue weighted by atomic mass is 16.5. The maximum atomic E-state index is 11.6. The summed E-state index contributed by atoms with van der Waals surface area (Å²) in [4.78, 5) is 11.6. The van der Waals surface area contributed by atoms with Crippen LogP contribution in [-0.4, -0.2) is 12.6 Å². The number of allylic oxidation sites excluding steroid dienone is 1. The lowest BCUT2D eigenvalue weighted by molar-refractivity contribution is -0.139. The van der Waals surface area contributed by atoms with Gasteiger partial charge in [0.25, 0.3) is 0 Å². The number of rotatable bonds is 3. The molecule has 14 heavy (non-hydrogen) atoms. The minimum Gasteiger partial charge on any atom is -0.462 e. The molecule has 1 heterocycles. The second-order valence-corrected chi connectivity index (χ2v) is 3.96. The molecule has 0 aliphatic carbocycles. The van der Waals surface area contributed by atoms with E-state index < -0.39 is 0 Å². The van der Waals surface area contributed by atoms with Crippen LogP contribution >= 0.6 is 0 Å². The largest absolute Gasteiger partial charge is 0.462 e. The summed E-state index contributed by atoms with van der Waals surface area (Å²) in [7, 11) is 0. The van der Waals surface area contributed by atoms with Gasteiger partial charge in [0.1, 0.15) is 0 Å². The van der Waals surface area contributed by atoms with E-state index in [4.69, 9.17) is 4.74 Å². The molecule has 0 aromatic heterocycles. The third kappa shape index (κ3) is 3.17. The molecule has 0 saturated carbocycles. The van der Waals surface area contributed by atoms with Crippen LogP contribution in [-0.2, 0) is 9.53 Å². The first-order chi connectivity index (χ1) is 6.75. The zero-order valence-corrected chi connectivity index (χ0v) is 9.27. The third-order valence-corrected chi connectivity index (χ3v) is 2.72. The Hall–Kier alpha value is -0.790. The van der Waals surface area contributed by atoms with E-state index in [1.165, 1.54) is 5.57 Å². The van der Waals surface area contributed by atoms with Gasteiger partial charge in [-0.15, -0.1) is 0 Å². The van der Waals surface area contributed by atoms with Crippen LogP contribution in [0.3, 0.4) is 0 Å². The second kappa shape index (κ2) is 5.84. The molecule has 1 rings (SSSR count). The van der Waals surface area contributed by atoms with E-state index in [-0.39, 0.29) is 5.97 Å². The normalized spacial score (nSPS) is 24.0. The molecular formula is C12H20O2. The molecule has 0 radical (unpaired) electrons. The van der Waals surface area contributed by atoms with Crippen molar-refractivity contribution in [2.45, 2.75) is 52.4 Å². The van der Waals surface area contributed by atoms with Crippen LogP contribution < -0.4 is 0 Å². The summed E-state index contributed by atoms with van der Waals surface area (Å²) < 4.78 is 5.17. The summed E-state index contributed by atoms with van der Waals surface area (Å²) in [6.45, 7) is 4.81. The van der Waals surface area contributed by atoms with Crippen molar-refractivity contribution < 1.29 is 9.53 Å². The van der Waals surface area contributed by atoms with Crippen LogP contribution in [0.2, 0.25) is 0 Å². The van der Waals surface area contributed by atoms with Crippen molar-refractivity contribution in [3.63, 3.8) is 0 Å². The summed E-state index contributed by atoms with van der Waals surface area (Å²) in [5, 5.41) is 0. The van der Waals surface area contributed by atoms with Gasteiger partial charge in [0.15, 0.2) is 0 Å². The lowest BCUT2D eigenvalue weighted by Gasteiger charge is -2.15. The third-order valence-electron chi connectivity index (χ3n) is 2.72. The highest BCUT2D eigenvalue weighted by Gasteiger charge is 2.15. The van der Waals surface area contributed by atoms with E-state index in [9.17, 15) is 4.79 Å². The van der Waals surface area contributed by atoms with Crippen LogP contribution in [0.4, 0.5) is 0 Å². The fourth-order valence-corrected chi connectivity index (χ4v) is 1.74. The van der Waals surface area contributed by atoms with Gasteiger partial charge in [0.2, 0.25) is 0 Å². The van der Waals surface area contributed by atoms with Crippen molar-refractivity contribution in [1.29, 1.82) is 0 Å². The average molecular weight is 196 g/mol. The SMILES string of the molecule is CCCC/C1=C(\C)CCCCOC1=O. The molecule has 1 aliphatic rings. The fourth-order valence-electron chi connectivity index (χ4n) is 1.74. The van der Waals surface area contributed by atoms with E-state index >= 15 is 0 Å². The first kappa shape index (κ1) is 11.3. The van der Waals surface area contributed by atoms with E-state index in [1.807, 2.05) is 0 Å². The summed E-state index contributed by atoms with van der Waals surface area (Å²) in [6, 6.07) is 0. The molecule has 80 valence electrons. The molecule has 2 nitrogen and oxygen atoms in total. The molecule has 0 bridgehead atoms. The Morgan fingerprint density at radius 3 is 2.86 bits per heavy atom. The van der Waals surface area contributed by atoms with E-state index in [0.29, 0.717) is 6.61 Å². The number of unbranched alkanes of at least 4 members (excludes halogenated alkanes) is 1. The molecular weight excluding hydrogens is 176 g/mol. The predicted octanol–water partition coefficient (Wildman–Crippen LogP) is 3.22. The molecule has 0 fully saturated rings. The van der Waals surface area contributed by atoms with Crippen molar-refractivity contribution in [3.8, 4) is 0 Å². The monoisotopic (exact) mass is 196 g/mol. The molecule has 1 aliphatic heterocycles. The van der Waals surface area contributed by atoms with E-state index in [1.54, 1.807) is 0 Å². The average Bonchev–Trinajstić information content (AvgIpc) is 2.15. The Morgan fingerprint density at radius 1 is 1.36 bits per heavy atom. The second-order valence-electron chi connectivity index (χ2n) is 3.96. The lowest BCUT2D eigenvalue weighted by atomic mass is 9.98. The molecule has 0 amide bonds. The van der Waals surface area contributed by atoms with Gasteiger partial charge < -0.3 is 4.74 Å². The number of cyclic esters (lactones) is 1. The summed E-state index contributed by atoms with van der Waals surface area (Å²) in [6.07, 6.45) is 6.32. The van der Waals surface area contributed by atoms with Crippen molar-refractivity contribution in [2.24, 2.45) is 0 Å². The number of carbonyl (C=O) groups excluding carboxylic acids is 1. The van der Waals surface area contributed by atoms with Crippen LogP contribution in [0.15, 0.2) is 11.1 Å². The Kier molecular flexibility index (Phi) is 4.71. The van der Waals surface area contributed by atoms with Crippen LogP contribution in [0.1, 0.15) is 52.4 Å². The predicted molar refractivity (Wildman–Crippen MR) is 57.0 cm³/mol. The summed E-state index contributed by atoms with van der Waals surface area (Å²) in [5.74, 6) is -0.0735. The van der Waals surface area contributed by atoms with Crippen LogP contribution in [0.5, 0.6) is 0 Å². The van der Waals surface area contributed by atoms with Gasteiger partial charge in [0, 0.05) is 5.57 Å². The molecule has 0 aromatic rings. The van der Waals surface area contributed by atoms with Crippen molar-refractivity contribution in [3.05, 3.63) is 11.1 Å². The molecule has 0 N–H and O–H groups in total. The van der Waals surface area contributed by atoms with Crippen molar-refractivity contribution in [1.82, 2.24) is 0 Å². The van der Waals surface area contributed by atoms with Crippen molar-refractivity contribution >= 4 is 5.97 Å². The maximum Gasteiger partial charge on any atom is 0.333 e. The van der Waals surface area contributed by atoms with Gasteiger partial charge in [0.05, 0.1) is 6.61 Å². The van der Waals surface area contributed by atoms with E-state index in [2.05, 4.69) is 13.8 Å². The standard InChI is InChI=1S/C12H20O2/c1-3-4-8-11-10(2)7-5-6-9-14-12(11)13/h3-9H2,1-2H3/b11-10-. The van der Waals surface area contributed by atoms with Gasteiger partial charge in [-0.05, 0) is 39.0 Å². The lowest BCUT2D eigenvalue weighted by Crippen LogP contribution is -2.13. The fraction of sp³-hybridized carbons (Fsp3) is 0.750. The zero-order valence-electron chi connectivity index (χ0n) is 9.27. The van der Waals surface area contributed by atoms with Crippen molar-refractivity contribution in [2.75, 3.05) is 6.61 Å². The Labute approximate surface area is 86.3 Å². The maximum absolute atomic E-state index is 11.6. The molecule has 2 heteroatoms. The molecule has 0 unspecified atom stereocenters. The quantitative estimate of drug-likeness (QED) is 0.648. The van der Waals surface area contributed by atoms with Gasteiger partial charge in [-0.3, -0.25) is 0 Å².